The molecule has 9 aromatic carbocycles. The summed E-state index contributed by atoms with van der Waals surface area (Å²) in [7, 11) is 0. The average molecular weight is 706 g/mol. The first-order valence-corrected chi connectivity index (χ1v) is 19.2. The lowest BCUT2D eigenvalue weighted by Gasteiger charge is -2.26. The fourth-order valence-corrected chi connectivity index (χ4v) is 8.99. The summed E-state index contributed by atoms with van der Waals surface area (Å²) in [5.41, 5.74) is 13.2. The van der Waals surface area contributed by atoms with Crippen LogP contribution in [-0.2, 0) is 0 Å². The number of hydrogen-bond donors (Lipinski definition) is 0. The molecule has 54 heavy (non-hydrogen) atoms. The van der Waals surface area contributed by atoms with E-state index >= 15 is 0 Å². The van der Waals surface area contributed by atoms with Gasteiger partial charge in [0.1, 0.15) is 0 Å². The van der Waals surface area contributed by atoms with Gasteiger partial charge in [-0.05, 0) is 104 Å². The molecule has 254 valence electrons. The summed E-state index contributed by atoms with van der Waals surface area (Å²) >= 11 is 1.86. The number of benzene rings is 9. The zero-order valence-electron chi connectivity index (χ0n) is 29.6. The highest BCUT2D eigenvalue weighted by Gasteiger charge is 2.18. The zero-order chi connectivity index (χ0) is 35.8. The molecule has 0 radical (unpaired) electrons. The predicted octanol–water partition coefficient (Wildman–Crippen LogP) is 15.3. The van der Waals surface area contributed by atoms with E-state index in [1.165, 1.54) is 81.1 Å². The fourth-order valence-electron chi connectivity index (χ4n) is 7.78. The van der Waals surface area contributed by atoms with Gasteiger partial charge in [0, 0.05) is 26.8 Å². The Hall–Kier alpha value is -6.74. The van der Waals surface area contributed by atoms with E-state index in [0.717, 1.165) is 11.4 Å². The average Bonchev–Trinajstić information content (AvgIpc) is 3.64. The van der Waals surface area contributed by atoms with Gasteiger partial charge in [0.2, 0.25) is 0 Å². The van der Waals surface area contributed by atoms with Gasteiger partial charge < -0.3 is 4.90 Å². The van der Waals surface area contributed by atoms with Crippen molar-refractivity contribution in [2.45, 2.75) is 0 Å². The Morgan fingerprint density at radius 2 is 0.833 bits per heavy atom. The molecule has 0 saturated heterocycles. The van der Waals surface area contributed by atoms with Gasteiger partial charge in [-0.1, -0.05) is 164 Å². The molecule has 0 atom stereocenters. The highest BCUT2D eigenvalue weighted by atomic mass is 32.1. The summed E-state index contributed by atoms with van der Waals surface area (Å²) in [4.78, 5) is 2.41. The molecule has 0 bridgehead atoms. The molecule has 0 aliphatic rings. The number of nitrogens with zero attached hydrogens (tertiary/aromatic N) is 1. The third-order valence-corrected chi connectivity index (χ3v) is 11.7. The monoisotopic (exact) mass is 705 g/mol. The number of fused-ring (bicyclic) bond motifs is 4. The molecule has 0 spiro atoms. The summed E-state index contributed by atoms with van der Waals surface area (Å²) in [5, 5.41) is 5.08. The minimum Gasteiger partial charge on any atom is -0.309 e. The second-order valence-corrected chi connectivity index (χ2v) is 14.8. The van der Waals surface area contributed by atoms with Gasteiger partial charge in [-0.25, -0.2) is 0 Å². The Labute approximate surface area is 319 Å². The largest absolute Gasteiger partial charge is 0.309 e. The zero-order valence-corrected chi connectivity index (χ0v) is 30.4. The first kappa shape index (κ1) is 32.0. The van der Waals surface area contributed by atoms with Gasteiger partial charge in [0.15, 0.2) is 0 Å². The van der Waals surface area contributed by atoms with Crippen molar-refractivity contribution < 1.29 is 0 Å². The highest BCUT2D eigenvalue weighted by Crippen LogP contribution is 2.45. The Balaban J connectivity index is 1.03. The molecule has 1 heterocycles. The van der Waals surface area contributed by atoms with Crippen molar-refractivity contribution in [1.82, 2.24) is 0 Å². The van der Waals surface area contributed by atoms with E-state index in [1.807, 2.05) is 11.3 Å². The molecule has 0 unspecified atom stereocenters. The van der Waals surface area contributed by atoms with E-state index in [-0.39, 0.29) is 0 Å². The van der Waals surface area contributed by atoms with Crippen LogP contribution < -0.4 is 4.90 Å². The van der Waals surface area contributed by atoms with Gasteiger partial charge in [0.05, 0.1) is 10.4 Å². The quantitative estimate of drug-likeness (QED) is 0.160. The maximum absolute atomic E-state index is 2.41. The molecule has 1 aromatic heterocycles. The van der Waals surface area contributed by atoms with Crippen LogP contribution in [0.5, 0.6) is 0 Å². The first-order valence-electron chi connectivity index (χ1n) is 18.4. The smallest absolute Gasteiger partial charge is 0.0640 e. The summed E-state index contributed by atoms with van der Waals surface area (Å²) in [5.74, 6) is 0. The lowest BCUT2D eigenvalue weighted by molar-refractivity contribution is 1.30. The van der Waals surface area contributed by atoms with E-state index in [9.17, 15) is 0 Å². The Bertz CT molecular complexity index is 2910. The molecule has 0 saturated carbocycles. The van der Waals surface area contributed by atoms with E-state index in [0.29, 0.717) is 0 Å². The van der Waals surface area contributed by atoms with E-state index in [1.54, 1.807) is 0 Å². The summed E-state index contributed by atoms with van der Waals surface area (Å²) in [6, 6.07) is 77.0. The molecule has 0 fully saturated rings. The fraction of sp³-hybridized carbons (Fsp3) is 0. The highest BCUT2D eigenvalue weighted by molar-refractivity contribution is 7.26. The van der Waals surface area contributed by atoms with Crippen molar-refractivity contribution in [3.05, 3.63) is 212 Å². The molecular weight excluding hydrogens is 671 g/mol. The summed E-state index contributed by atoms with van der Waals surface area (Å²) < 4.78 is 2.59. The molecular formula is C52H35NS. The van der Waals surface area contributed by atoms with Crippen molar-refractivity contribution in [3.63, 3.8) is 0 Å². The third kappa shape index (κ3) is 5.84. The van der Waals surface area contributed by atoms with Crippen LogP contribution in [0.2, 0.25) is 0 Å². The topological polar surface area (TPSA) is 3.24 Å². The molecule has 0 aliphatic heterocycles. The number of anilines is 3. The normalized spacial score (nSPS) is 11.3. The maximum atomic E-state index is 2.41. The molecule has 0 aliphatic carbocycles. The molecule has 2 heteroatoms. The van der Waals surface area contributed by atoms with Crippen LogP contribution in [0.4, 0.5) is 17.1 Å². The van der Waals surface area contributed by atoms with E-state index < -0.39 is 0 Å². The lowest BCUT2D eigenvalue weighted by Crippen LogP contribution is -2.10. The van der Waals surface area contributed by atoms with Crippen molar-refractivity contribution in [2.24, 2.45) is 0 Å². The van der Waals surface area contributed by atoms with Crippen LogP contribution in [0.15, 0.2) is 212 Å². The van der Waals surface area contributed by atoms with E-state index in [2.05, 4.69) is 217 Å². The van der Waals surface area contributed by atoms with Gasteiger partial charge in [-0.15, -0.1) is 11.3 Å². The van der Waals surface area contributed by atoms with Crippen LogP contribution in [-0.4, -0.2) is 0 Å². The van der Waals surface area contributed by atoms with Crippen molar-refractivity contribution in [2.75, 3.05) is 4.90 Å². The Morgan fingerprint density at radius 3 is 1.57 bits per heavy atom. The van der Waals surface area contributed by atoms with Gasteiger partial charge in [0.25, 0.3) is 0 Å². The third-order valence-electron chi connectivity index (χ3n) is 10.5. The van der Waals surface area contributed by atoms with Crippen LogP contribution in [0, 0.1) is 0 Å². The minimum atomic E-state index is 1.12. The van der Waals surface area contributed by atoms with Crippen LogP contribution in [0.25, 0.3) is 75.5 Å². The molecule has 10 aromatic rings. The van der Waals surface area contributed by atoms with Crippen LogP contribution in [0.3, 0.4) is 0 Å². The molecule has 0 amide bonds. The first-order chi connectivity index (χ1) is 26.8. The minimum absolute atomic E-state index is 1.12. The summed E-state index contributed by atoms with van der Waals surface area (Å²) in [6.07, 6.45) is 0. The molecule has 10 rings (SSSR count). The molecule has 0 N–H and O–H groups in total. The standard InChI is InChI=1S/C52H35NS/c1-3-12-36(13-4-1)38-24-29-44(30-25-38)53(50-22-11-21-49-48-19-7-8-23-51(48)54-52(49)50)45-31-26-39(27-32-45)41-28-33-47-43(35-41)18-10-20-46(47)42-17-9-16-40(34-42)37-14-5-2-6-15-37/h1-35H. The summed E-state index contributed by atoms with van der Waals surface area (Å²) in [6.45, 7) is 0. The van der Waals surface area contributed by atoms with Crippen LogP contribution in [0.1, 0.15) is 0 Å². The van der Waals surface area contributed by atoms with Crippen molar-refractivity contribution >= 4 is 59.3 Å². The van der Waals surface area contributed by atoms with Crippen LogP contribution >= 0.6 is 11.3 Å². The SMILES string of the molecule is c1ccc(-c2ccc(N(c3ccc(-c4ccc5c(-c6cccc(-c7ccccc7)c6)cccc5c4)cc3)c3cccc4c3sc3ccccc34)cc2)cc1. The van der Waals surface area contributed by atoms with Crippen molar-refractivity contribution in [3.8, 4) is 44.5 Å². The van der Waals surface area contributed by atoms with Gasteiger partial charge >= 0.3 is 0 Å². The lowest BCUT2D eigenvalue weighted by atomic mass is 9.93. The van der Waals surface area contributed by atoms with Gasteiger partial charge in [-0.3, -0.25) is 0 Å². The molecule has 1 nitrogen and oxygen atoms in total. The second-order valence-electron chi connectivity index (χ2n) is 13.7. The Morgan fingerprint density at radius 1 is 0.315 bits per heavy atom. The van der Waals surface area contributed by atoms with E-state index in [4.69, 9.17) is 0 Å². The number of hydrogen-bond acceptors (Lipinski definition) is 2. The van der Waals surface area contributed by atoms with Gasteiger partial charge in [-0.2, -0.15) is 0 Å². The number of rotatable bonds is 7. The predicted molar refractivity (Wildman–Crippen MR) is 233 cm³/mol. The van der Waals surface area contributed by atoms with Crippen molar-refractivity contribution in [1.29, 1.82) is 0 Å². The Kier molecular flexibility index (Phi) is 8.09. The second kappa shape index (κ2) is 13.7. The number of thiophene rings is 1. The maximum Gasteiger partial charge on any atom is 0.0640 e.